The molecule has 342 valence electrons. The van der Waals surface area contributed by atoms with Crippen LogP contribution in [0.2, 0.25) is 0 Å². The van der Waals surface area contributed by atoms with Crippen molar-refractivity contribution in [3.63, 3.8) is 0 Å². The monoisotopic (exact) mass is 936 g/mol. The Hall–Kier alpha value is -6.01. The predicted molar refractivity (Wildman–Crippen MR) is 237 cm³/mol. The molecule has 0 saturated carbocycles. The number of anilines is 1. The Bertz CT molecular complexity index is 3020. The fourth-order valence-electron chi connectivity index (χ4n) is 7.38. The minimum absolute atomic E-state index is 0. The second-order valence-electron chi connectivity index (χ2n) is 16.0. The molecule has 8 rings (SSSR count). The molecule has 18 nitrogen and oxygen atoms in total. The van der Waals surface area contributed by atoms with Crippen molar-refractivity contribution in [2.45, 2.75) is 51.7 Å². The molecule has 2 saturated heterocycles. The number of nitrogens with two attached hydrogens (primary N) is 2. The number of fused-ring (bicyclic) bond motifs is 2. The summed E-state index contributed by atoms with van der Waals surface area (Å²) in [5.74, 6) is -2.12. The quantitative estimate of drug-likeness (QED) is 0.142. The average molecular weight is 937 g/mol. The molecule has 3 atom stereocenters. The summed E-state index contributed by atoms with van der Waals surface area (Å²) in [6.45, 7) is 13.9. The van der Waals surface area contributed by atoms with E-state index in [2.05, 4.69) is 49.2 Å². The Balaban J connectivity index is 0.000000177. The van der Waals surface area contributed by atoms with Crippen molar-refractivity contribution in [1.82, 2.24) is 43.9 Å². The molecular formula is C39H51F3N12O6S3. The van der Waals surface area contributed by atoms with Gasteiger partial charge in [0, 0.05) is 54.3 Å². The lowest BCUT2D eigenvalue weighted by atomic mass is 9.91. The smallest absolute Gasteiger partial charge is 0.239 e. The van der Waals surface area contributed by atoms with Crippen LogP contribution >= 0.6 is 0 Å². The van der Waals surface area contributed by atoms with E-state index >= 15 is 0 Å². The number of nitrogen functional groups attached to an aromatic ring is 1. The number of nitrogens with zero attached hydrogens (tertiary/aromatic N) is 6. The van der Waals surface area contributed by atoms with E-state index in [1.807, 2.05) is 0 Å². The molecule has 2 fully saturated rings. The summed E-state index contributed by atoms with van der Waals surface area (Å²) in [6.07, 6.45) is 3.01. The van der Waals surface area contributed by atoms with Crippen LogP contribution in [0.5, 0.6) is 0 Å². The van der Waals surface area contributed by atoms with Crippen molar-refractivity contribution in [3.8, 4) is 0 Å². The number of H-pyrrole nitrogens is 2. The van der Waals surface area contributed by atoms with Gasteiger partial charge in [-0.2, -0.15) is 10.2 Å². The zero-order chi connectivity index (χ0) is 46.1. The Morgan fingerprint density at radius 2 is 1.03 bits per heavy atom. The first kappa shape index (κ1) is 48.0. The summed E-state index contributed by atoms with van der Waals surface area (Å²) in [5.41, 5.74) is 10.9. The number of hydrogen-bond donors (Lipinski definition) is 6. The van der Waals surface area contributed by atoms with Gasteiger partial charge < -0.3 is 22.1 Å². The van der Waals surface area contributed by atoms with E-state index in [0.29, 0.717) is 33.1 Å². The first-order valence-corrected chi connectivity index (χ1v) is 23.4. The molecule has 3 aliphatic rings. The van der Waals surface area contributed by atoms with E-state index in [0.717, 1.165) is 12.9 Å². The molecule has 2 aromatic heterocycles. The minimum Gasteiger partial charge on any atom is -0.399 e. The van der Waals surface area contributed by atoms with Gasteiger partial charge >= 0.3 is 0 Å². The first-order chi connectivity index (χ1) is 28.5. The fourth-order valence-corrected chi connectivity index (χ4v) is 11.9. The van der Waals surface area contributed by atoms with Crippen LogP contribution in [-0.4, -0.2) is 103 Å². The summed E-state index contributed by atoms with van der Waals surface area (Å²) in [7, 11) is -6.58. The van der Waals surface area contributed by atoms with E-state index in [4.69, 9.17) is 11.5 Å². The maximum absolute atomic E-state index is 14.4. The van der Waals surface area contributed by atoms with Gasteiger partial charge in [-0.15, -0.1) is 0 Å². The zero-order valence-corrected chi connectivity index (χ0v) is 37.2. The SMILES string of the molecule is C.C=C1N[C@](C)(c2cc(N)c(C)cc2F)CS(=O)(=O)N1C.C=C1N[C@](C)(c2cc3[nH]ncc3cc2F)CS(=O)(=O)N1C.CN1C(N)=N[C@](C)(c2cc3[nH]ncc3cc2F)CS1(=O)=O. The highest BCUT2D eigenvalue weighted by Gasteiger charge is 2.44. The molecular weight excluding hydrogens is 886 g/mol. The molecule has 3 aromatic carbocycles. The number of rotatable bonds is 3. The molecule has 0 radical (unpaired) electrons. The van der Waals surface area contributed by atoms with E-state index in [1.165, 1.54) is 63.9 Å². The molecule has 0 aliphatic carbocycles. The number of nitrogens with one attached hydrogen (secondary N) is 4. The van der Waals surface area contributed by atoms with Gasteiger partial charge in [0.25, 0.3) is 0 Å². The third kappa shape index (κ3) is 8.96. The second-order valence-corrected chi connectivity index (χ2v) is 22.0. The number of aliphatic imine (C=N–C) groups is 1. The molecule has 24 heteroatoms. The van der Waals surface area contributed by atoms with Crippen molar-refractivity contribution in [1.29, 1.82) is 0 Å². The molecule has 0 bridgehead atoms. The summed E-state index contributed by atoms with van der Waals surface area (Å²) >= 11 is 0. The van der Waals surface area contributed by atoms with Gasteiger partial charge in [-0.1, -0.05) is 20.6 Å². The van der Waals surface area contributed by atoms with E-state index < -0.39 is 64.1 Å². The molecule has 0 amide bonds. The maximum atomic E-state index is 14.4. The topological polar surface area (TPSA) is 258 Å². The lowest BCUT2D eigenvalue weighted by molar-refractivity contribution is 0.346. The Morgan fingerprint density at radius 1 is 0.635 bits per heavy atom. The van der Waals surface area contributed by atoms with Crippen molar-refractivity contribution < 1.29 is 38.4 Å². The lowest BCUT2D eigenvalue weighted by Crippen LogP contribution is -2.56. The van der Waals surface area contributed by atoms with Gasteiger partial charge in [-0.3, -0.25) is 18.8 Å². The number of halogens is 3. The van der Waals surface area contributed by atoms with Crippen LogP contribution in [0.3, 0.4) is 0 Å². The van der Waals surface area contributed by atoms with Gasteiger partial charge in [-0.25, -0.2) is 47.7 Å². The van der Waals surface area contributed by atoms with Crippen LogP contribution in [-0.2, 0) is 46.7 Å². The second kappa shape index (κ2) is 16.3. The number of sulfonamides is 3. The van der Waals surface area contributed by atoms with Gasteiger partial charge in [0.2, 0.25) is 36.0 Å². The van der Waals surface area contributed by atoms with E-state index in [-0.39, 0.29) is 59.0 Å². The lowest BCUT2D eigenvalue weighted by Gasteiger charge is -2.41. The standard InChI is InChI=1S/C13H15FN4O2S.C13H18FN3O2S.C12H14FN5O2S.CH4/c1-8-16-13(2,7-21(19,20)18(8)3)10-5-12-9(4-11(10)14)6-15-17-12;1-8-5-11(14)10(6-12(8)15)13(3)7-20(18,19)17(4)9(2)16-13;1-12(6-21(19,20)18(2)11(14)16-12)8-4-10-7(3-9(8)13)5-15-17-10;/h4-6,16H,1,7H2,2-3H3,(H,15,17);5-6,16H,2,7,15H2,1,3-4H3;3-5H,6H2,1-2H3,(H2,14,16)(H,15,17);1H4/t2*13-;12-;/m000./s1. The van der Waals surface area contributed by atoms with Gasteiger partial charge in [0.1, 0.15) is 34.6 Å². The highest BCUT2D eigenvalue weighted by molar-refractivity contribution is 7.90. The van der Waals surface area contributed by atoms with Crippen LogP contribution in [0.1, 0.15) is 50.5 Å². The molecule has 8 N–H and O–H groups in total. The molecule has 5 heterocycles. The minimum atomic E-state index is -3.64. The first-order valence-electron chi connectivity index (χ1n) is 18.5. The third-order valence-electron chi connectivity index (χ3n) is 11.1. The summed E-state index contributed by atoms with van der Waals surface area (Å²) in [4.78, 5) is 4.18. The number of hydrogen-bond acceptors (Lipinski definition) is 13. The Kier molecular flexibility index (Phi) is 12.4. The van der Waals surface area contributed by atoms with Crippen LogP contribution in [0, 0.1) is 24.4 Å². The predicted octanol–water partition coefficient (Wildman–Crippen LogP) is 3.66. The van der Waals surface area contributed by atoms with Gasteiger partial charge in [-0.05, 0) is 69.7 Å². The Morgan fingerprint density at radius 3 is 1.48 bits per heavy atom. The largest absolute Gasteiger partial charge is 0.399 e. The number of aromatic amines is 2. The van der Waals surface area contributed by atoms with E-state index in [9.17, 15) is 38.4 Å². The number of aromatic nitrogens is 4. The molecule has 63 heavy (non-hydrogen) atoms. The van der Waals surface area contributed by atoms with Crippen molar-refractivity contribution in [3.05, 3.63) is 113 Å². The van der Waals surface area contributed by atoms with Gasteiger partial charge in [0.05, 0.1) is 51.8 Å². The zero-order valence-electron chi connectivity index (χ0n) is 34.8. The highest BCUT2D eigenvalue weighted by atomic mass is 32.2. The van der Waals surface area contributed by atoms with Crippen LogP contribution in [0.25, 0.3) is 21.8 Å². The van der Waals surface area contributed by atoms with Crippen molar-refractivity contribution >= 4 is 63.5 Å². The Labute approximate surface area is 364 Å². The third-order valence-corrected chi connectivity index (χ3v) is 17.1. The molecule has 5 aromatic rings. The van der Waals surface area contributed by atoms with E-state index in [1.54, 1.807) is 33.8 Å². The summed E-state index contributed by atoms with van der Waals surface area (Å²) in [5, 5.41) is 20.4. The molecule has 0 unspecified atom stereocenters. The number of guanidine groups is 1. The highest BCUT2D eigenvalue weighted by Crippen LogP contribution is 2.37. The maximum Gasteiger partial charge on any atom is 0.239 e. The average Bonchev–Trinajstić information content (AvgIpc) is 3.81. The normalized spacial score (nSPS) is 24.8. The van der Waals surface area contributed by atoms with Crippen LogP contribution in [0.15, 0.2) is 78.6 Å². The fraction of sp³-hybridized carbons (Fsp3) is 0.359. The summed E-state index contributed by atoms with van der Waals surface area (Å²) < 4.78 is 119. The van der Waals surface area contributed by atoms with Crippen molar-refractivity contribution in [2.24, 2.45) is 10.7 Å². The molecule has 0 spiro atoms. The number of aryl methyl sites for hydroxylation is 1. The van der Waals surface area contributed by atoms with Crippen molar-refractivity contribution in [2.75, 3.05) is 44.1 Å². The summed E-state index contributed by atoms with van der Waals surface area (Å²) in [6, 6.07) is 8.54. The van der Waals surface area contributed by atoms with Gasteiger partial charge in [0.15, 0.2) is 0 Å². The number of benzene rings is 3. The van der Waals surface area contributed by atoms with Crippen LogP contribution in [0.4, 0.5) is 18.9 Å². The van der Waals surface area contributed by atoms with Crippen LogP contribution < -0.4 is 22.1 Å². The molecule has 3 aliphatic heterocycles.